The van der Waals surface area contributed by atoms with Gasteiger partial charge in [0.05, 0.1) is 0 Å². The van der Waals surface area contributed by atoms with E-state index in [1.54, 1.807) is 0 Å². The van der Waals surface area contributed by atoms with E-state index in [0.717, 1.165) is 38.5 Å². The lowest BCUT2D eigenvalue weighted by molar-refractivity contribution is -0.131. The molecule has 12 heavy (non-hydrogen) atoms. The number of carbonyl (C=O) groups is 1. The molecule has 0 N–H and O–H groups in total. The van der Waals surface area contributed by atoms with E-state index in [-0.39, 0.29) is 5.41 Å². The first-order valence-corrected chi connectivity index (χ1v) is 5.02. The maximum atomic E-state index is 11.7. The highest BCUT2D eigenvalue weighted by atomic mass is 16.1. The molecule has 66 valence electrons. The fourth-order valence-electron chi connectivity index (χ4n) is 2.52. The fourth-order valence-corrected chi connectivity index (χ4v) is 2.52. The van der Waals surface area contributed by atoms with Crippen LogP contribution in [0.4, 0.5) is 0 Å². The highest BCUT2D eigenvalue weighted by Gasteiger charge is 2.38. The van der Waals surface area contributed by atoms with Crippen molar-refractivity contribution < 1.29 is 4.79 Å². The average molecular weight is 164 g/mol. The van der Waals surface area contributed by atoms with Crippen LogP contribution >= 0.6 is 0 Å². The van der Waals surface area contributed by atoms with Crippen LogP contribution in [0.25, 0.3) is 0 Å². The van der Waals surface area contributed by atoms with E-state index in [1.807, 2.05) is 0 Å². The zero-order valence-electron chi connectivity index (χ0n) is 7.51. The van der Waals surface area contributed by atoms with E-state index < -0.39 is 0 Å². The van der Waals surface area contributed by atoms with Gasteiger partial charge in [0.15, 0.2) is 0 Å². The number of hydrogen-bond donors (Lipinski definition) is 0. The third-order valence-corrected chi connectivity index (χ3v) is 3.37. The van der Waals surface area contributed by atoms with Crippen molar-refractivity contribution in [1.29, 1.82) is 0 Å². The Bertz CT molecular complexity index is 217. The van der Waals surface area contributed by atoms with Crippen molar-refractivity contribution in [2.45, 2.75) is 44.9 Å². The molecular formula is C11H16O. The minimum absolute atomic E-state index is 0.0903. The first-order chi connectivity index (χ1) is 5.83. The molecule has 1 atom stereocenters. The summed E-state index contributed by atoms with van der Waals surface area (Å²) in [5, 5.41) is 0. The molecule has 0 aliphatic heterocycles. The summed E-state index contributed by atoms with van der Waals surface area (Å²) in [5.41, 5.74) is 0.0903. The van der Waals surface area contributed by atoms with Crippen molar-refractivity contribution in [3.8, 4) is 0 Å². The van der Waals surface area contributed by atoms with E-state index in [1.165, 1.54) is 6.42 Å². The van der Waals surface area contributed by atoms with Crippen LogP contribution in [0, 0.1) is 5.41 Å². The predicted octanol–water partition coefficient (Wildman–Crippen LogP) is 2.86. The van der Waals surface area contributed by atoms with Gasteiger partial charge in [0.25, 0.3) is 0 Å². The number of carbonyl (C=O) groups excluding carboxylic acids is 1. The number of rotatable bonds is 0. The standard InChI is InChI=1S/C11H16O/c12-10-6-2-5-9-11(10)7-3-1-4-8-11/h1,3H,2,4-9H2. The second kappa shape index (κ2) is 3.04. The lowest BCUT2D eigenvalue weighted by Gasteiger charge is -2.36. The Labute approximate surface area is 73.8 Å². The highest BCUT2D eigenvalue weighted by Crippen LogP contribution is 2.42. The molecule has 2 aliphatic carbocycles. The van der Waals surface area contributed by atoms with Crippen LogP contribution in [0.3, 0.4) is 0 Å². The second-order valence-electron chi connectivity index (χ2n) is 4.12. The minimum Gasteiger partial charge on any atom is -0.299 e. The van der Waals surface area contributed by atoms with Gasteiger partial charge in [0.1, 0.15) is 5.78 Å². The predicted molar refractivity (Wildman–Crippen MR) is 48.9 cm³/mol. The van der Waals surface area contributed by atoms with Gasteiger partial charge in [-0.2, -0.15) is 0 Å². The molecule has 1 fully saturated rings. The van der Waals surface area contributed by atoms with Gasteiger partial charge >= 0.3 is 0 Å². The summed E-state index contributed by atoms with van der Waals surface area (Å²) >= 11 is 0. The lowest BCUT2D eigenvalue weighted by atomic mass is 9.66. The first-order valence-electron chi connectivity index (χ1n) is 5.02. The molecule has 1 heteroatoms. The van der Waals surface area contributed by atoms with Gasteiger partial charge in [-0.15, -0.1) is 0 Å². The van der Waals surface area contributed by atoms with Gasteiger partial charge in [0.2, 0.25) is 0 Å². The van der Waals surface area contributed by atoms with Crippen LogP contribution in [0.15, 0.2) is 12.2 Å². The third kappa shape index (κ3) is 1.21. The first kappa shape index (κ1) is 8.03. The molecule has 2 aliphatic rings. The van der Waals surface area contributed by atoms with E-state index >= 15 is 0 Å². The maximum absolute atomic E-state index is 11.7. The Balaban J connectivity index is 2.16. The smallest absolute Gasteiger partial charge is 0.139 e. The van der Waals surface area contributed by atoms with Gasteiger partial charge in [0, 0.05) is 11.8 Å². The molecule has 0 radical (unpaired) electrons. The highest BCUT2D eigenvalue weighted by molar-refractivity contribution is 5.85. The Hall–Kier alpha value is -0.590. The molecule has 0 heterocycles. The van der Waals surface area contributed by atoms with E-state index in [0.29, 0.717) is 5.78 Å². The molecule has 0 aromatic rings. The van der Waals surface area contributed by atoms with Crippen LogP contribution < -0.4 is 0 Å². The normalized spacial score (nSPS) is 35.8. The summed E-state index contributed by atoms with van der Waals surface area (Å²) < 4.78 is 0. The van der Waals surface area contributed by atoms with E-state index in [4.69, 9.17) is 0 Å². The fraction of sp³-hybridized carbons (Fsp3) is 0.727. The van der Waals surface area contributed by atoms with Crippen molar-refractivity contribution in [2.24, 2.45) is 5.41 Å². The number of ketones is 1. The molecule has 2 rings (SSSR count). The van der Waals surface area contributed by atoms with E-state index in [9.17, 15) is 4.79 Å². The molecular weight excluding hydrogens is 148 g/mol. The molecule has 1 saturated carbocycles. The Morgan fingerprint density at radius 1 is 1.17 bits per heavy atom. The van der Waals surface area contributed by atoms with Gasteiger partial charge in [-0.25, -0.2) is 0 Å². The summed E-state index contributed by atoms with van der Waals surface area (Å²) in [6.07, 6.45) is 12.0. The van der Waals surface area contributed by atoms with Crippen molar-refractivity contribution in [2.75, 3.05) is 0 Å². The lowest BCUT2D eigenvalue weighted by Crippen LogP contribution is -2.34. The van der Waals surface area contributed by atoms with Crippen molar-refractivity contribution in [3.05, 3.63) is 12.2 Å². The van der Waals surface area contributed by atoms with Crippen LogP contribution in [0.2, 0.25) is 0 Å². The third-order valence-electron chi connectivity index (χ3n) is 3.37. The zero-order valence-corrected chi connectivity index (χ0v) is 7.51. The second-order valence-corrected chi connectivity index (χ2v) is 4.12. The van der Waals surface area contributed by atoms with Crippen molar-refractivity contribution in [3.63, 3.8) is 0 Å². The van der Waals surface area contributed by atoms with Crippen LogP contribution in [-0.2, 0) is 4.79 Å². The number of allylic oxidation sites excluding steroid dienone is 2. The summed E-state index contributed by atoms with van der Waals surface area (Å²) in [5.74, 6) is 0.540. The summed E-state index contributed by atoms with van der Waals surface area (Å²) in [7, 11) is 0. The van der Waals surface area contributed by atoms with Crippen LogP contribution in [-0.4, -0.2) is 5.78 Å². The topological polar surface area (TPSA) is 17.1 Å². The molecule has 0 amide bonds. The summed E-state index contributed by atoms with van der Waals surface area (Å²) in [4.78, 5) is 11.7. The molecule has 0 bridgehead atoms. The maximum Gasteiger partial charge on any atom is 0.139 e. The Kier molecular flexibility index (Phi) is 2.03. The molecule has 0 aromatic carbocycles. The minimum atomic E-state index is 0.0903. The average Bonchev–Trinajstić information content (AvgIpc) is 2.12. The van der Waals surface area contributed by atoms with Gasteiger partial charge in [-0.3, -0.25) is 4.79 Å². The van der Waals surface area contributed by atoms with Gasteiger partial charge in [-0.1, -0.05) is 18.6 Å². The summed E-state index contributed by atoms with van der Waals surface area (Å²) in [6.45, 7) is 0. The number of Topliss-reactive ketones (excluding diaryl/α,β-unsaturated/α-hetero) is 1. The molecule has 0 saturated heterocycles. The SMILES string of the molecule is O=C1CCCCC12CC=CCC2. The van der Waals surface area contributed by atoms with E-state index in [2.05, 4.69) is 12.2 Å². The zero-order chi connectivity index (χ0) is 8.44. The van der Waals surface area contributed by atoms with Crippen molar-refractivity contribution in [1.82, 2.24) is 0 Å². The van der Waals surface area contributed by atoms with Crippen LogP contribution in [0.5, 0.6) is 0 Å². The monoisotopic (exact) mass is 164 g/mol. The molecule has 0 aromatic heterocycles. The van der Waals surface area contributed by atoms with Crippen LogP contribution in [0.1, 0.15) is 44.9 Å². The largest absolute Gasteiger partial charge is 0.299 e. The molecule has 1 unspecified atom stereocenters. The Morgan fingerprint density at radius 2 is 2.08 bits per heavy atom. The van der Waals surface area contributed by atoms with Gasteiger partial charge < -0.3 is 0 Å². The van der Waals surface area contributed by atoms with Crippen molar-refractivity contribution >= 4 is 5.78 Å². The molecule has 1 nitrogen and oxygen atoms in total. The number of hydrogen-bond acceptors (Lipinski definition) is 1. The van der Waals surface area contributed by atoms with Gasteiger partial charge in [-0.05, 0) is 32.1 Å². The summed E-state index contributed by atoms with van der Waals surface area (Å²) in [6, 6.07) is 0. The Morgan fingerprint density at radius 3 is 2.75 bits per heavy atom. The molecule has 1 spiro atoms. The quantitative estimate of drug-likeness (QED) is 0.503.